The predicted molar refractivity (Wildman–Crippen MR) is 71.3 cm³/mol. The first-order chi connectivity index (χ1) is 9.12. The summed E-state index contributed by atoms with van der Waals surface area (Å²) in [5.74, 6) is -0.516. The number of carbonyl (C=O) groups is 1. The first kappa shape index (κ1) is 13.3. The topological polar surface area (TPSA) is 77.0 Å². The van der Waals surface area contributed by atoms with Crippen LogP contribution in [0.25, 0.3) is 11.0 Å². The summed E-state index contributed by atoms with van der Waals surface area (Å²) in [4.78, 5) is 30.2. The molecule has 0 saturated carbocycles. The highest BCUT2D eigenvalue weighted by molar-refractivity contribution is 5.91. The molecule has 2 heterocycles. The van der Waals surface area contributed by atoms with Gasteiger partial charge in [-0.3, -0.25) is 4.57 Å². The van der Waals surface area contributed by atoms with Crippen LogP contribution in [0.2, 0.25) is 0 Å². The molecular formula is C13H17N3O3. The minimum Gasteiger partial charge on any atom is -0.464 e. The molecule has 2 aromatic heterocycles. The second kappa shape index (κ2) is 5.26. The molecule has 0 atom stereocenters. The van der Waals surface area contributed by atoms with E-state index in [4.69, 9.17) is 0 Å². The Morgan fingerprint density at radius 2 is 2.16 bits per heavy atom. The third-order valence-electron chi connectivity index (χ3n) is 3.31. The molecule has 6 nitrogen and oxygen atoms in total. The minimum absolute atomic E-state index is 0.132. The minimum atomic E-state index is -0.516. The van der Waals surface area contributed by atoms with Crippen LogP contribution < -0.4 is 5.69 Å². The van der Waals surface area contributed by atoms with Crippen LogP contribution in [-0.2, 0) is 4.74 Å². The fourth-order valence-electron chi connectivity index (χ4n) is 2.26. The number of carbonyl (C=O) groups excluding carboxylic acids is 1. The first-order valence-corrected chi connectivity index (χ1v) is 6.30. The molecule has 2 aromatic rings. The third-order valence-corrected chi connectivity index (χ3v) is 3.31. The standard InChI is InChI=1S/C13H17N3O3/c1-4-8(5-2)16-11-7-14-10(12(17)19-3)6-9(11)15-13(16)18/h6-8H,4-5H2,1-3H3,(H,15,18). The zero-order valence-corrected chi connectivity index (χ0v) is 11.3. The van der Waals surface area contributed by atoms with Gasteiger partial charge in [0.15, 0.2) is 5.69 Å². The lowest BCUT2D eigenvalue weighted by molar-refractivity contribution is 0.0594. The molecule has 0 amide bonds. The molecule has 0 aliphatic heterocycles. The number of aromatic amines is 1. The molecule has 1 N–H and O–H groups in total. The van der Waals surface area contributed by atoms with E-state index in [1.165, 1.54) is 13.3 Å². The quantitative estimate of drug-likeness (QED) is 0.854. The number of hydrogen-bond donors (Lipinski definition) is 1. The average molecular weight is 263 g/mol. The van der Waals surface area contributed by atoms with Crippen LogP contribution in [0.1, 0.15) is 43.2 Å². The molecule has 2 rings (SSSR count). The van der Waals surface area contributed by atoms with Gasteiger partial charge in [-0.25, -0.2) is 14.6 Å². The molecule has 0 aromatic carbocycles. The van der Waals surface area contributed by atoms with Gasteiger partial charge in [0, 0.05) is 6.04 Å². The van der Waals surface area contributed by atoms with Crippen molar-refractivity contribution < 1.29 is 9.53 Å². The summed E-state index contributed by atoms with van der Waals surface area (Å²) in [5, 5.41) is 0. The van der Waals surface area contributed by atoms with E-state index in [0.717, 1.165) is 12.8 Å². The van der Waals surface area contributed by atoms with Crippen molar-refractivity contribution in [3.63, 3.8) is 0 Å². The number of pyridine rings is 1. The van der Waals surface area contributed by atoms with E-state index in [0.29, 0.717) is 11.0 Å². The third kappa shape index (κ3) is 2.25. The van der Waals surface area contributed by atoms with Crippen LogP contribution in [-0.4, -0.2) is 27.6 Å². The SMILES string of the molecule is CCC(CC)n1c(=O)[nH]c2cc(C(=O)OC)ncc21. The lowest BCUT2D eigenvalue weighted by Gasteiger charge is -2.13. The fourth-order valence-corrected chi connectivity index (χ4v) is 2.26. The Morgan fingerprint density at radius 1 is 1.47 bits per heavy atom. The highest BCUT2D eigenvalue weighted by Crippen LogP contribution is 2.19. The Labute approximate surface area is 110 Å². The monoisotopic (exact) mass is 263 g/mol. The van der Waals surface area contributed by atoms with Gasteiger partial charge in [0.2, 0.25) is 0 Å². The molecule has 0 aliphatic rings. The molecule has 6 heteroatoms. The molecule has 102 valence electrons. The number of ether oxygens (including phenoxy) is 1. The predicted octanol–water partition coefficient (Wildman–Crippen LogP) is 1.87. The van der Waals surface area contributed by atoms with E-state index in [1.807, 2.05) is 13.8 Å². The lowest BCUT2D eigenvalue weighted by Crippen LogP contribution is -2.21. The Morgan fingerprint density at radius 3 is 2.74 bits per heavy atom. The van der Waals surface area contributed by atoms with Crippen molar-refractivity contribution in [2.24, 2.45) is 0 Å². The molecular weight excluding hydrogens is 246 g/mol. The summed E-state index contributed by atoms with van der Waals surface area (Å²) in [7, 11) is 1.30. The van der Waals surface area contributed by atoms with Gasteiger partial charge in [-0.1, -0.05) is 13.8 Å². The molecule has 0 spiro atoms. The van der Waals surface area contributed by atoms with Crippen LogP contribution in [0.5, 0.6) is 0 Å². The molecule has 0 fully saturated rings. The maximum absolute atomic E-state index is 12.0. The van der Waals surface area contributed by atoms with E-state index in [-0.39, 0.29) is 17.4 Å². The molecule has 0 saturated heterocycles. The summed E-state index contributed by atoms with van der Waals surface area (Å²) in [6.45, 7) is 4.07. The maximum atomic E-state index is 12.0. The number of H-pyrrole nitrogens is 1. The van der Waals surface area contributed by atoms with Crippen molar-refractivity contribution in [2.75, 3.05) is 7.11 Å². The van der Waals surface area contributed by atoms with E-state index in [9.17, 15) is 9.59 Å². The average Bonchev–Trinajstić information content (AvgIpc) is 2.75. The zero-order valence-electron chi connectivity index (χ0n) is 11.3. The molecule has 0 unspecified atom stereocenters. The van der Waals surface area contributed by atoms with Crippen LogP contribution in [0.4, 0.5) is 0 Å². The second-order valence-corrected chi connectivity index (χ2v) is 4.35. The molecule has 0 bridgehead atoms. The fraction of sp³-hybridized carbons (Fsp3) is 0.462. The number of hydrogen-bond acceptors (Lipinski definition) is 4. The second-order valence-electron chi connectivity index (χ2n) is 4.35. The Kier molecular flexibility index (Phi) is 3.69. The molecule has 0 radical (unpaired) electrons. The van der Waals surface area contributed by atoms with Crippen molar-refractivity contribution in [3.05, 3.63) is 28.4 Å². The zero-order chi connectivity index (χ0) is 14.0. The molecule has 19 heavy (non-hydrogen) atoms. The summed E-state index contributed by atoms with van der Waals surface area (Å²) >= 11 is 0. The van der Waals surface area contributed by atoms with Gasteiger partial charge in [0.05, 0.1) is 24.3 Å². The van der Waals surface area contributed by atoms with Gasteiger partial charge in [-0.15, -0.1) is 0 Å². The number of aromatic nitrogens is 3. The number of esters is 1. The van der Waals surface area contributed by atoms with Crippen molar-refractivity contribution in [2.45, 2.75) is 32.7 Å². The number of nitrogens with zero attached hydrogens (tertiary/aromatic N) is 2. The molecule has 0 aliphatic carbocycles. The van der Waals surface area contributed by atoms with E-state index in [2.05, 4.69) is 14.7 Å². The summed E-state index contributed by atoms with van der Waals surface area (Å²) in [5.41, 5.74) is 1.33. The van der Waals surface area contributed by atoms with Gasteiger partial charge in [-0.05, 0) is 18.9 Å². The van der Waals surface area contributed by atoms with E-state index < -0.39 is 5.97 Å². The van der Waals surface area contributed by atoms with Crippen LogP contribution >= 0.6 is 0 Å². The van der Waals surface area contributed by atoms with Crippen molar-refractivity contribution in [1.82, 2.24) is 14.5 Å². The van der Waals surface area contributed by atoms with Crippen molar-refractivity contribution >= 4 is 17.0 Å². The van der Waals surface area contributed by atoms with Gasteiger partial charge < -0.3 is 9.72 Å². The number of nitrogens with one attached hydrogen (secondary N) is 1. The van der Waals surface area contributed by atoms with Gasteiger partial charge in [-0.2, -0.15) is 0 Å². The Balaban J connectivity index is 2.60. The highest BCUT2D eigenvalue weighted by atomic mass is 16.5. The Bertz CT molecular complexity index is 653. The summed E-state index contributed by atoms with van der Waals surface area (Å²) in [6, 6.07) is 1.67. The van der Waals surface area contributed by atoms with Crippen LogP contribution in [0.3, 0.4) is 0 Å². The van der Waals surface area contributed by atoms with Gasteiger partial charge in [0.25, 0.3) is 0 Å². The normalized spacial score (nSPS) is 11.2. The number of fused-ring (bicyclic) bond motifs is 1. The number of methoxy groups -OCH3 is 1. The Hall–Kier alpha value is -2.11. The smallest absolute Gasteiger partial charge is 0.356 e. The van der Waals surface area contributed by atoms with Crippen molar-refractivity contribution in [1.29, 1.82) is 0 Å². The maximum Gasteiger partial charge on any atom is 0.356 e. The number of rotatable bonds is 4. The van der Waals surface area contributed by atoms with Gasteiger partial charge >= 0.3 is 11.7 Å². The van der Waals surface area contributed by atoms with Gasteiger partial charge in [0.1, 0.15) is 0 Å². The summed E-state index contributed by atoms with van der Waals surface area (Å²) < 4.78 is 6.31. The van der Waals surface area contributed by atoms with E-state index in [1.54, 1.807) is 10.6 Å². The van der Waals surface area contributed by atoms with Crippen molar-refractivity contribution in [3.8, 4) is 0 Å². The number of imidazole rings is 1. The first-order valence-electron chi connectivity index (χ1n) is 6.30. The largest absolute Gasteiger partial charge is 0.464 e. The van der Waals surface area contributed by atoms with Crippen LogP contribution in [0.15, 0.2) is 17.1 Å². The van der Waals surface area contributed by atoms with Crippen LogP contribution in [0, 0.1) is 0 Å². The highest BCUT2D eigenvalue weighted by Gasteiger charge is 2.16. The lowest BCUT2D eigenvalue weighted by atomic mass is 10.1. The summed E-state index contributed by atoms with van der Waals surface area (Å²) in [6.07, 6.45) is 3.27. The van der Waals surface area contributed by atoms with E-state index >= 15 is 0 Å².